The number of aromatic amines is 2. The molecule has 0 saturated heterocycles. The van der Waals surface area contributed by atoms with Crippen LogP contribution in [0.4, 0.5) is 0 Å². The lowest BCUT2D eigenvalue weighted by molar-refractivity contribution is -0.152. The number of hydrogen-bond donors (Lipinski definition) is 4. The first-order valence-corrected chi connectivity index (χ1v) is 14.2. The predicted octanol–water partition coefficient (Wildman–Crippen LogP) is 4.80. The van der Waals surface area contributed by atoms with E-state index in [1.54, 1.807) is 7.05 Å². The Morgan fingerprint density at radius 1 is 1.12 bits per heavy atom. The second-order valence-electron chi connectivity index (χ2n) is 9.73. The third-order valence-electron chi connectivity index (χ3n) is 6.84. The number of carbonyl (C=O) groups excluding carboxylic acids is 1. The molecule has 0 unspecified atom stereocenters. The Labute approximate surface area is 239 Å². The number of nitrogens with zero attached hydrogens (tertiary/aromatic N) is 4. The molecule has 5 N–H and O–H groups in total. The summed E-state index contributed by atoms with van der Waals surface area (Å²) in [6.45, 7) is 2.71. The number of aromatic nitrogens is 6. The lowest BCUT2D eigenvalue weighted by Crippen LogP contribution is -2.36. The molecule has 2 heterocycles. The number of benzene rings is 2. The molecule has 0 spiro atoms. The highest BCUT2D eigenvalue weighted by Gasteiger charge is 2.27. The molecule has 0 amide bonds. The Hall–Kier alpha value is -3.60. The van der Waals surface area contributed by atoms with Crippen molar-refractivity contribution in [3.63, 3.8) is 0 Å². The van der Waals surface area contributed by atoms with E-state index in [0.717, 1.165) is 60.2 Å². The second-order valence-corrected chi connectivity index (χ2v) is 10.1. The normalized spacial score (nSPS) is 12.8. The molecule has 2 aromatic heterocycles. The number of hydrogen-bond acceptors (Lipinski definition) is 8. The van der Waals surface area contributed by atoms with Crippen molar-refractivity contribution in [2.45, 2.75) is 64.0 Å². The first-order valence-electron chi connectivity index (χ1n) is 13.8. The topological polar surface area (TPSA) is 147 Å². The van der Waals surface area contributed by atoms with Gasteiger partial charge in [-0.3, -0.25) is 4.79 Å². The van der Waals surface area contributed by atoms with E-state index >= 15 is 0 Å². The molecular weight excluding hydrogens is 528 g/mol. The lowest BCUT2D eigenvalue weighted by atomic mass is 9.95. The fourth-order valence-electron chi connectivity index (χ4n) is 4.65. The van der Waals surface area contributed by atoms with E-state index < -0.39 is 12.1 Å². The van der Waals surface area contributed by atoms with Crippen LogP contribution in [0.5, 0.6) is 0 Å². The number of unbranched alkanes of at least 4 members (excludes halogenated alkanes) is 2. The summed E-state index contributed by atoms with van der Waals surface area (Å²) in [6.07, 6.45) is 4.77. The number of aryl methyl sites for hydroxylation is 1. The summed E-state index contributed by atoms with van der Waals surface area (Å²) in [5, 5.41) is 18.1. The first kappa shape index (κ1) is 29.4. The average molecular weight is 565 g/mol. The summed E-state index contributed by atoms with van der Waals surface area (Å²) in [4.78, 5) is 21.1. The molecule has 0 aliphatic heterocycles. The zero-order chi connectivity index (χ0) is 28.3. The van der Waals surface area contributed by atoms with Crippen molar-refractivity contribution in [1.82, 2.24) is 35.9 Å². The molecule has 11 heteroatoms. The molecule has 10 nitrogen and oxygen atoms in total. The summed E-state index contributed by atoms with van der Waals surface area (Å²) in [7, 11) is 1.76. The van der Waals surface area contributed by atoms with Crippen molar-refractivity contribution >= 4 is 17.6 Å². The third kappa shape index (κ3) is 7.53. The molecule has 2 aromatic carbocycles. The fourth-order valence-corrected chi connectivity index (χ4v) is 4.92. The predicted molar refractivity (Wildman–Crippen MR) is 156 cm³/mol. The van der Waals surface area contributed by atoms with Gasteiger partial charge >= 0.3 is 5.97 Å². The monoisotopic (exact) mass is 564 g/mol. The summed E-state index contributed by atoms with van der Waals surface area (Å²) in [5.41, 5.74) is 9.97. The minimum atomic E-state index is -0.672. The number of H-pyrrole nitrogens is 2. The lowest BCUT2D eigenvalue weighted by Gasteiger charge is -2.22. The molecule has 4 aromatic rings. The zero-order valence-corrected chi connectivity index (χ0v) is 23.7. The van der Waals surface area contributed by atoms with Crippen LogP contribution in [0.3, 0.4) is 0 Å². The number of rotatable bonds is 15. The van der Waals surface area contributed by atoms with E-state index in [4.69, 9.17) is 22.1 Å². The maximum absolute atomic E-state index is 13.3. The van der Waals surface area contributed by atoms with Gasteiger partial charge in [0.25, 0.3) is 0 Å². The summed E-state index contributed by atoms with van der Waals surface area (Å²) >= 11 is 6.61. The van der Waals surface area contributed by atoms with E-state index in [2.05, 4.69) is 42.8 Å². The number of esters is 1. The van der Waals surface area contributed by atoms with Crippen LogP contribution in [0.25, 0.3) is 22.5 Å². The summed E-state index contributed by atoms with van der Waals surface area (Å²) in [6, 6.07) is 15.6. The van der Waals surface area contributed by atoms with Gasteiger partial charge in [0.1, 0.15) is 18.0 Å². The van der Waals surface area contributed by atoms with Crippen LogP contribution >= 0.6 is 11.6 Å². The Kier molecular flexibility index (Phi) is 10.8. The van der Waals surface area contributed by atoms with Crippen molar-refractivity contribution in [2.75, 3.05) is 13.6 Å². The van der Waals surface area contributed by atoms with Crippen LogP contribution in [0.15, 0.2) is 48.5 Å². The molecule has 40 heavy (non-hydrogen) atoms. The highest BCUT2D eigenvalue weighted by Crippen LogP contribution is 2.34. The van der Waals surface area contributed by atoms with Gasteiger partial charge in [-0.05, 0) is 60.8 Å². The van der Waals surface area contributed by atoms with Crippen molar-refractivity contribution in [1.29, 1.82) is 0 Å². The largest absolute Gasteiger partial charge is 0.454 e. The van der Waals surface area contributed by atoms with Crippen molar-refractivity contribution < 1.29 is 9.53 Å². The third-order valence-corrected chi connectivity index (χ3v) is 7.13. The van der Waals surface area contributed by atoms with Gasteiger partial charge in [0.2, 0.25) is 5.82 Å². The van der Waals surface area contributed by atoms with Crippen molar-refractivity contribution in [2.24, 2.45) is 5.73 Å². The van der Waals surface area contributed by atoms with Crippen LogP contribution in [-0.4, -0.2) is 56.2 Å². The van der Waals surface area contributed by atoms with Gasteiger partial charge in [-0.25, -0.2) is 4.98 Å². The summed E-state index contributed by atoms with van der Waals surface area (Å²) in [5.74, 6) is 0.915. The van der Waals surface area contributed by atoms with E-state index in [1.165, 1.54) is 0 Å². The van der Waals surface area contributed by atoms with Gasteiger partial charge < -0.3 is 20.8 Å². The quantitative estimate of drug-likeness (QED) is 0.119. The smallest absolute Gasteiger partial charge is 0.323 e. The van der Waals surface area contributed by atoms with E-state index in [1.807, 2.05) is 48.5 Å². The van der Waals surface area contributed by atoms with Crippen LogP contribution in [0, 0.1) is 0 Å². The molecule has 0 fully saturated rings. The fraction of sp³-hybridized carbons (Fsp3) is 0.414. The second kappa shape index (κ2) is 14.7. The standard InChI is InChI=1S/C29H37ClN8O2/c1-3-4-13-25-33-26(27(30)34-25)24(40-29(39)23(32-2)12-8-9-16-31)18-19-14-15-21(20-10-6-5-7-11-20)22(17-19)28-35-37-38-36-28/h5-7,10-11,14-15,17,23-24,32H,3-4,8-9,12-13,16,18,31H2,1-2H3,(H,33,34)(H,35,36,37,38)/t23-,24-/m1/s1. The number of nitrogens with one attached hydrogen (secondary N) is 3. The number of tetrazole rings is 1. The van der Waals surface area contributed by atoms with E-state index in [-0.39, 0.29) is 5.97 Å². The van der Waals surface area contributed by atoms with Gasteiger partial charge in [-0.15, -0.1) is 10.2 Å². The average Bonchev–Trinajstić information content (AvgIpc) is 3.64. The molecule has 0 aliphatic carbocycles. The number of nitrogens with two attached hydrogens (primary N) is 1. The Bertz CT molecular complexity index is 1340. The number of halogens is 1. The van der Waals surface area contributed by atoms with Gasteiger partial charge in [-0.2, -0.15) is 5.21 Å². The number of ether oxygens (including phenoxy) is 1. The number of imidazole rings is 1. The maximum atomic E-state index is 13.3. The zero-order valence-electron chi connectivity index (χ0n) is 23.0. The number of carbonyl (C=O) groups is 1. The van der Waals surface area contributed by atoms with Crippen LogP contribution in [0.1, 0.15) is 62.2 Å². The van der Waals surface area contributed by atoms with Crippen molar-refractivity contribution in [3.05, 3.63) is 70.8 Å². The van der Waals surface area contributed by atoms with Gasteiger partial charge in [0.15, 0.2) is 5.15 Å². The van der Waals surface area contributed by atoms with Gasteiger partial charge in [-0.1, -0.05) is 73.8 Å². The van der Waals surface area contributed by atoms with E-state index in [9.17, 15) is 4.79 Å². The minimum absolute atomic E-state index is 0.312. The van der Waals surface area contributed by atoms with Crippen LogP contribution in [-0.2, 0) is 22.4 Å². The maximum Gasteiger partial charge on any atom is 0.323 e. The van der Waals surface area contributed by atoms with E-state index in [0.29, 0.717) is 36.1 Å². The molecule has 212 valence electrons. The molecule has 0 radical (unpaired) electrons. The summed E-state index contributed by atoms with van der Waals surface area (Å²) < 4.78 is 6.13. The minimum Gasteiger partial charge on any atom is -0.454 e. The Morgan fingerprint density at radius 3 is 2.65 bits per heavy atom. The van der Waals surface area contributed by atoms with Crippen LogP contribution < -0.4 is 11.1 Å². The Morgan fingerprint density at radius 2 is 1.95 bits per heavy atom. The van der Waals surface area contributed by atoms with Crippen LogP contribution in [0.2, 0.25) is 5.15 Å². The molecule has 0 bridgehead atoms. The van der Waals surface area contributed by atoms with Crippen molar-refractivity contribution in [3.8, 4) is 22.5 Å². The molecule has 2 atom stereocenters. The molecule has 4 rings (SSSR count). The first-order chi connectivity index (χ1) is 19.5. The number of likely N-dealkylation sites (N-methyl/N-ethyl adjacent to an activating group) is 1. The van der Waals surface area contributed by atoms with Gasteiger partial charge in [0, 0.05) is 18.4 Å². The SMILES string of the molecule is CCCCc1nc(Cl)c([C@@H](Cc2ccc(-c3ccccc3)c(-c3nn[nH]n3)c2)OC(=O)[C@@H](CCCCN)NC)[nH]1. The highest BCUT2D eigenvalue weighted by atomic mass is 35.5. The molecule has 0 saturated carbocycles. The van der Waals surface area contributed by atoms with Gasteiger partial charge in [0.05, 0.1) is 5.69 Å². The Balaban J connectivity index is 1.67. The highest BCUT2D eigenvalue weighted by molar-refractivity contribution is 6.30. The molecule has 0 aliphatic rings. The molecular formula is C29H37ClN8O2.